The van der Waals surface area contributed by atoms with E-state index in [-0.39, 0.29) is 5.92 Å². The first-order valence-corrected chi connectivity index (χ1v) is 6.33. The molecule has 0 aliphatic rings. The quantitative estimate of drug-likeness (QED) is 0.831. The number of carbonyl (C=O) groups excluding carboxylic acids is 1. The number of esters is 1. The van der Waals surface area contributed by atoms with Crippen molar-refractivity contribution >= 4 is 5.97 Å². The highest BCUT2D eigenvalue weighted by Crippen LogP contribution is 2.38. The number of ether oxygens (including phenoxy) is 2. The summed E-state index contributed by atoms with van der Waals surface area (Å²) in [5.41, 5.74) is -0.796. The van der Waals surface area contributed by atoms with Crippen LogP contribution in [0.5, 0.6) is 5.75 Å². The van der Waals surface area contributed by atoms with Crippen LogP contribution in [0.2, 0.25) is 0 Å². The summed E-state index contributed by atoms with van der Waals surface area (Å²) in [6, 6.07) is 7.36. The second-order valence-electron chi connectivity index (χ2n) is 4.94. The molecule has 0 radical (unpaired) electrons. The van der Waals surface area contributed by atoms with Crippen LogP contribution in [0.1, 0.15) is 32.3 Å². The van der Waals surface area contributed by atoms with Gasteiger partial charge >= 0.3 is 5.97 Å². The Morgan fingerprint density at radius 2 is 1.79 bits per heavy atom. The molecule has 0 saturated heterocycles. The number of benzene rings is 1. The summed E-state index contributed by atoms with van der Waals surface area (Å²) in [7, 11) is 2.85. The molecular weight excluding hydrogens is 244 g/mol. The fourth-order valence-electron chi connectivity index (χ4n) is 2.34. The topological polar surface area (TPSA) is 55.8 Å². The molecule has 1 aromatic rings. The largest absolute Gasteiger partial charge is 0.496 e. The van der Waals surface area contributed by atoms with E-state index >= 15 is 0 Å². The molecule has 0 spiro atoms. The number of para-hydroxylation sites is 1. The Hall–Kier alpha value is -1.55. The molecule has 1 N–H and O–H groups in total. The van der Waals surface area contributed by atoms with Crippen LogP contribution >= 0.6 is 0 Å². The van der Waals surface area contributed by atoms with Gasteiger partial charge in [0.1, 0.15) is 5.75 Å². The molecule has 0 bridgehead atoms. The Morgan fingerprint density at radius 1 is 1.21 bits per heavy atom. The third-order valence-electron chi connectivity index (χ3n) is 3.66. The van der Waals surface area contributed by atoms with Crippen LogP contribution in [0.15, 0.2) is 24.3 Å². The lowest BCUT2D eigenvalue weighted by atomic mass is 9.75. The van der Waals surface area contributed by atoms with E-state index in [2.05, 4.69) is 0 Å². The number of aliphatic hydroxyl groups is 1. The third-order valence-corrected chi connectivity index (χ3v) is 3.66. The van der Waals surface area contributed by atoms with Gasteiger partial charge < -0.3 is 14.6 Å². The minimum absolute atomic E-state index is 0.278. The molecule has 0 saturated carbocycles. The lowest BCUT2D eigenvalue weighted by Gasteiger charge is -2.35. The molecule has 1 aromatic carbocycles. The first kappa shape index (κ1) is 15.5. The van der Waals surface area contributed by atoms with Crippen molar-refractivity contribution in [2.75, 3.05) is 14.2 Å². The molecule has 0 aliphatic heterocycles. The van der Waals surface area contributed by atoms with Crippen molar-refractivity contribution < 1.29 is 19.4 Å². The smallest absolute Gasteiger partial charge is 0.338 e. The number of hydrogen-bond donors (Lipinski definition) is 1. The number of methoxy groups -OCH3 is 2. The van der Waals surface area contributed by atoms with Crippen LogP contribution in [-0.4, -0.2) is 30.9 Å². The Bertz CT molecular complexity index is 442. The predicted molar refractivity (Wildman–Crippen MR) is 73.2 cm³/mol. The van der Waals surface area contributed by atoms with Crippen molar-refractivity contribution in [3.8, 4) is 5.75 Å². The molecule has 4 nitrogen and oxygen atoms in total. The molecular formula is C15H22O4. The predicted octanol–water partition coefficient (Wildman–Crippen LogP) is 2.36. The molecule has 0 aliphatic carbocycles. The average Bonchev–Trinajstić information content (AvgIpc) is 2.44. The van der Waals surface area contributed by atoms with Gasteiger partial charge in [-0.15, -0.1) is 0 Å². The Balaban J connectivity index is 3.28. The molecule has 19 heavy (non-hydrogen) atoms. The Labute approximate surface area is 114 Å². The van der Waals surface area contributed by atoms with E-state index in [1.807, 2.05) is 24.3 Å². The van der Waals surface area contributed by atoms with Gasteiger partial charge in [0.25, 0.3) is 0 Å². The Kier molecular flexibility index (Phi) is 4.95. The van der Waals surface area contributed by atoms with Gasteiger partial charge in [0, 0.05) is 11.5 Å². The monoisotopic (exact) mass is 266 g/mol. The molecule has 4 heteroatoms. The molecule has 1 rings (SSSR count). The van der Waals surface area contributed by atoms with Gasteiger partial charge in [-0.2, -0.15) is 0 Å². The summed E-state index contributed by atoms with van der Waals surface area (Å²) < 4.78 is 10.1. The number of hydrogen-bond acceptors (Lipinski definition) is 4. The highest BCUT2D eigenvalue weighted by molar-refractivity contribution is 5.81. The van der Waals surface area contributed by atoms with Crippen molar-refractivity contribution in [1.82, 2.24) is 0 Å². The van der Waals surface area contributed by atoms with Crippen LogP contribution < -0.4 is 4.74 Å². The fourth-order valence-corrected chi connectivity index (χ4v) is 2.34. The highest BCUT2D eigenvalue weighted by atomic mass is 16.5. The summed E-state index contributed by atoms with van der Waals surface area (Å²) in [6.07, 6.45) is 0. The van der Waals surface area contributed by atoms with Gasteiger partial charge in [0.15, 0.2) is 5.60 Å². The van der Waals surface area contributed by atoms with Crippen molar-refractivity contribution in [3.63, 3.8) is 0 Å². The van der Waals surface area contributed by atoms with E-state index in [0.29, 0.717) is 5.75 Å². The van der Waals surface area contributed by atoms with Crippen molar-refractivity contribution in [2.24, 2.45) is 5.92 Å². The van der Waals surface area contributed by atoms with Crippen molar-refractivity contribution in [3.05, 3.63) is 29.8 Å². The first-order valence-electron chi connectivity index (χ1n) is 6.33. The summed E-state index contributed by atoms with van der Waals surface area (Å²) >= 11 is 0. The summed E-state index contributed by atoms with van der Waals surface area (Å²) in [5.74, 6) is -0.685. The molecule has 2 unspecified atom stereocenters. The van der Waals surface area contributed by atoms with Crippen LogP contribution in [0.4, 0.5) is 0 Å². The number of carbonyl (C=O) groups is 1. The highest BCUT2D eigenvalue weighted by Gasteiger charge is 2.47. The molecule has 0 fully saturated rings. The van der Waals surface area contributed by atoms with E-state index in [4.69, 9.17) is 9.47 Å². The van der Waals surface area contributed by atoms with Gasteiger partial charge in [-0.1, -0.05) is 39.0 Å². The first-order chi connectivity index (χ1) is 8.89. The maximum absolute atomic E-state index is 12.0. The molecule has 0 aromatic heterocycles. The van der Waals surface area contributed by atoms with Crippen molar-refractivity contribution in [2.45, 2.75) is 32.3 Å². The zero-order valence-electron chi connectivity index (χ0n) is 12.1. The molecule has 0 amide bonds. The Morgan fingerprint density at radius 3 is 2.26 bits per heavy atom. The maximum atomic E-state index is 12.0. The van der Waals surface area contributed by atoms with Crippen molar-refractivity contribution in [1.29, 1.82) is 0 Å². The van der Waals surface area contributed by atoms with E-state index in [1.54, 1.807) is 27.9 Å². The number of rotatable bonds is 5. The van der Waals surface area contributed by atoms with Crippen LogP contribution in [0, 0.1) is 5.92 Å². The lowest BCUT2D eigenvalue weighted by molar-refractivity contribution is -0.170. The normalized spacial score (nSPS) is 15.7. The lowest BCUT2D eigenvalue weighted by Crippen LogP contribution is -2.49. The van der Waals surface area contributed by atoms with Gasteiger partial charge in [-0.3, -0.25) is 0 Å². The summed E-state index contributed by atoms with van der Waals surface area (Å²) in [5, 5.41) is 10.8. The fraction of sp³-hybridized carbons (Fsp3) is 0.533. The maximum Gasteiger partial charge on any atom is 0.338 e. The average molecular weight is 266 g/mol. The van der Waals surface area contributed by atoms with Crippen LogP contribution in [0.25, 0.3) is 0 Å². The van der Waals surface area contributed by atoms with Gasteiger partial charge in [0.2, 0.25) is 0 Å². The molecule has 0 heterocycles. The van der Waals surface area contributed by atoms with E-state index in [9.17, 15) is 9.90 Å². The zero-order valence-corrected chi connectivity index (χ0v) is 12.1. The van der Waals surface area contributed by atoms with E-state index < -0.39 is 17.5 Å². The van der Waals surface area contributed by atoms with E-state index in [1.165, 1.54) is 7.11 Å². The summed E-state index contributed by atoms with van der Waals surface area (Å²) in [4.78, 5) is 12.0. The van der Waals surface area contributed by atoms with Crippen LogP contribution in [-0.2, 0) is 9.53 Å². The minimum Gasteiger partial charge on any atom is -0.496 e. The molecule has 106 valence electrons. The SMILES string of the molecule is COC(=O)C(O)(C(C)C)C(C)c1ccccc1OC. The third kappa shape index (κ3) is 2.73. The second-order valence-corrected chi connectivity index (χ2v) is 4.94. The second kappa shape index (κ2) is 6.06. The van der Waals surface area contributed by atoms with E-state index in [0.717, 1.165) is 5.56 Å². The van der Waals surface area contributed by atoms with Gasteiger partial charge in [-0.25, -0.2) is 4.79 Å². The molecule has 2 atom stereocenters. The van der Waals surface area contributed by atoms with Gasteiger partial charge in [0.05, 0.1) is 14.2 Å². The standard InChI is InChI=1S/C15H22O4/c1-10(2)15(17,14(16)19-5)11(3)12-8-6-7-9-13(12)18-4/h6-11,17H,1-5H3. The van der Waals surface area contributed by atoms with Crippen LogP contribution in [0.3, 0.4) is 0 Å². The zero-order chi connectivity index (χ0) is 14.6. The minimum atomic E-state index is -1.58. The summed E-state index contributed by atoms with van der Waals surface area (Å²) in [6.45, 7) is 5.39. The van der Waals surface area contributed by atoms with Gasteiger partial charge in [-0.05, 0) is 12.0 Å².